The smallest absolute Gasteiger partial charge is 0.201 e. The van der Waals surface area contributed by atoms with Crippen molar-refractivity contribution in [2.45, 2.75) is 25.8 Å². The van der Waals surface area contributed by atoms with Gasteiger partial charge in [-0.2, -0.15) is 11.8 Å². The van der Waals surface area contributed by atoms with Gasteiger partial charge in [0.05, 0.1) is 11.0 Å². The van der Waals surface area contributed by atoms with E-state index in [1.807, 2.05) is 11.8 Å². The largest absolute Gasteiger partial charge is 0.369 e. The molecular weight excluding hydrogens is 230 g/mol. The average molecular weight is 247 g/mol. The maximum Gasteiger partial charge on any atom is 0.201 e. The Morgan fingerprint density at radius 3 is 2.88 bits per heavy atom. The number of nitrogen functional groups attached to an aromatic ring is 1. The zero-order valence-electron chi connectivity index (χ0n) is 10.0. The van der Waals surface area contributed by atoms with E-state index in [1.165, 1.54) is 35.4 Å². The Balaban J connectivity index is 2.14. The predicted octanol–water partition coefficient (Wildman–Crippen LogP) is 3.00. The lowest BCUT2D eigenvalue weighted by molar-refractivity contribution is 0.487. The molecule has 4 heteroatoms. The molecule has 0 amide bonds. The minimum atomic E-state index is 0.531. The second kappa shape index (κ2) is 4.26. The number of hydrogen-bond acceptors (Lipinski definition) is 3. The quantitative estimate of drug-likeness (QED) is 0.842. The second-order valence-electron chi connectivity index (χ2n) is 4.63. The highest BCUT2D eigenvalue weighted by Gasteiger charge is 2.20. The predicted molar refractivity (Wildman–Crippen MR) is 74.5 cm³/mol. The van der Waals surface area contributed by atoms with E-state index in [0.29, 0.717) is 12.0 Å². The molecule has 17 heavy (non-hydrogen) atoms. The number of para-hydroxylation sites is 1. The van der Waals surface area contributed by atoms with E-state index in [-0.39, 0.29) is 0 Å². The first-order valence-corrected chi connectivity index (χ1v) is 7.23. The Morgan fingerprint density at radius 1 is 1.35 bits per heavy atom. The zero-order valence-corrected chi connectivity index (χ0v) is 10.8. The van der Waals surface area contributed by atoms with Crippen molar-refractivity contribution in [3.8, 4) is 0 Å². The molecule has 1 aliphatic heterocycles. The Morgan fingerprint density at radius 2 is 2.12 bits per heavy atom. The molecule has 0 atom stereocenters. The summed E-state index contributed by atoms with van der Waals surface area (Å²) in [5.41, 5.74) is 9.56. The minimum Gasteiger partial charge on any atom is -0.369 e. The van der Waals surface area contributed by atoms with E-state index in [1.54, 1.807) is 0 Å². The van der Waals surface area contributed by atoms with Crippen molar-refractivity contribution in [3.05, 3.63) is 23.8 Å². The molecule has 2 N–H and O–H groups in total. The van der Waals surface area contributed by atoms with Crippen molar-refractivity contribution < 1.29 is 0 Å². The third kappa shape index (κ3) is 1.80. The SMILES string of the molecule is Cc1cccc2c1nc(N)n2C1CCSCC1. The molecule has 1 fully saturated rings. The highest BCUT2D eigenvalue weighted by molar-refractivity contribution is 7.99. The van der Waals surface area contributed by atoms with Crippen LogP contribution in [-0.4, -0.2) is 21.1 Å². The molecular formula is C13H17N3S. The summed E-state index contributed by atoms with van der Waals surface area (Å²) < 4.78 is 2.24. The summed E-state index contributed by atoms with van der Waals surface area (Å²) in [6, 6.07) is 6.85. The minimum absolute atomic E-state index is 0.531. The van der Waals surface area contributed by atoms with Gasteiger partial charge in [-0.05, 0) is 42.9 Å². The number of hydrogen-bond donors (Lipinski definition) is 1. The van der Waals surface area contributed by atoms with Gasteiger partial charge in [0.2, 0.25) is 5.95 Å². The molecule has 0 saturated carbocycles. The van der Waals surface area contributed by atoms with Gasteiger partial charge >= 0.3 is 0 Å². The van der Waals surface area contributed by atoms with Crippen LogP contribution in [0.4, 0.5) is 5.95 Å². The van der Waals surface area contributed by atoms with Crippen LogP contribution in [0.2, 0.25) is 0 Å². The molecule has 1 aliphatic rings. The maximum absolute atomic E-state index is 6.10. The third-order valence-electron chi connectivity index (χ3n) is 3.51. The van der Waals surface area contributed by atoms with Crippen molar-refractivity contribution in [2.24, 2.45) is 0 Å². The molecule has 3 nitrogen and oxygen atoms in total. The lowest BCUT2D eigenvalue weighted by atomic mass is 10.1. The first-order valence-electron chi connectivity index (χ1n) is 6.08. The first kappa shape index (κ1) is 11.0. The van der Waals surface area contributed by atoms with Gasteiger partial charge in [0.25, 0.3) is 0 Å². The van der Waals surface area contributed by atoms with Gasteiger partial charge in [-0.1, -0.05) is 12.1 Å². The number of anilines is 1. The van der Waals surface area contributed by atoms with Crippen molar-refractivity contribution in [2.75, 3.05) is 17.2 Å². The van der Waals surface area contributed by atoms with Crippen LogP contribution >= 0.6 is 11.8 Å². The second-order valence-corrected chi connectivity index (χ2v) is 5.85. The van der Waals surface area contributed by atoms with Gasteiger partial charge in [0.1, 0.15) is 0 Å². The van der Waals surface area contributed by atoms with Gasteiger partial charge in [-0.15, -0.1) is 0 Å². The molecule has 2 heterocycles. The van der Waals surface area contributed by atoms with Crippen molar-refractivity contribution in [3.63, 3.8) is 0 Å². The monoisotopic (exact) mass is 247 g/mol. The number of nitrogens with two attached hydrogens (primary N) is 1. The molecule has 1 aromatic carbocycles. The maximum atomic E-state index is 6.10. The molecule has 0 radical (unpaired) electrons. The normalized spacial score (nSPS) is 17.7. The van der Waals surface area contributed by atoms with Crippen LogP contribution in [0.1, 0.15) is 24.4 Å². The third-order valence-corrected chi connectivity index (χ3v) is 4.55. The topological polar surface area (TPSA) is 43.8 Å². The fraction of sp³-hybridized carbons (Fsp3) is 0.462. The standard InChI is InChI=1S/C13H17N3S/c1-9-3-2-4-11-12(9)15-13(14)16(11)10-5-7-17-8-6-10/h2-4,10H,5-8H2,1H3,(H2,14,15). The highest BCUT2D eigenvalue weighted by Crippen LogP contribution is 2.32. The summed E-state index contributed by atoms with van der Waals surface area (Å²) in [6.45, 7) is 2.09. The van der Waals surface area contributed by atoms with Gasteiger partial charge in [-0.3, -0.25) is 0 Å². The molecule has 90 valence electrons. The van der Waals surface area contributed by atoms with E-state index in [0.717, 1.165) is 5.52 Å². The summed E-state index contributed by atoms with van der Waals surface area (Å²) in [5.74, 6) is 3.14. The van der Waals surface area contributed by atoms with Crippen LogP contribution in [0.25, 0.3) is 11.0 Å². The Hall–Kier alpha value is -1.16. The van der Waals surface area contributed by atoms with Crippen molar-refractivity contribution in [1.29, 1.82) is 0 Å². The molecule has 0 spiro atoms. The molecule has 2 aromatic rings. The Kier molecular flexibility index (Phi) is 2.74. The van der Waals surface area contributed by atoms with Crippen LogP contribution in [0, 0.1) is 6.92 Å². The van der Waals surface area contributed by atoms with Crippen LogP contribution in [0.15, 0.2) is 18.2 Å². The molecule has 0 unspecified atom stereocenters. The number of fused-ring (bicyclic) bond motifs is 1. The number of nitrogens with zero attached hydrogens (tertiary/aromatic N) is 2. The fourth-order valence-corrected chi connectivity index (χ4v) is 3.68. The van der Waals surface area contributed by atoms with Crippen molar-refractivity contribution in [1.82, 2.24) is 9.55 Å². The summed E-state index contributed by atoms with van der Waals surface area (Å²) in [7, 11) is 0. The van der Waals surface area contributed by atoms with Gasteiger partial charge in [0, 0.05) is 6.04 Å². The lowest BCUT2D eigenvalue weighted by Crippen LogP contribution is -2.16. The van der Waals surface area contributed by atoms with Gasteiger partial charge in [0.15, 0.2) is 0 Å². The number of imidazole rings is 1. The molecule has 1 aromatic heterocycles. The molecule has 1 saturated heterocycles. The number of rotatable bonds is 1. The number of benzene rings is 1. The summed E-state index contributed by atoms with van der Waals surface area (Å²) in [4.78, 5) is 4.52. The lowest BCUT2D eigenvalue weighted by Gasteiger charge is -2.24. The summed E-state index contributed by atoms with van der Waals surface area (Å²) in [6.07, 6.45) is 2.41. The van der Waals surface area contributed by atoms with E-state index < -0.39 is 0 Å². The van der Waals surface area contributed by atoms with Crippen molar-refractivity contribution >= 4 is 28.7 Å². The van der Waals surface area contributed by atoms with Crippen LogP contribution in [0.3, 0.4) is 0 Å². The summed E-state index contributed by atoms with van der Waals surface area (Å²) in [5, 5.41) is 0. The Labute approximate surface area is 105 Å². The average Bonchev–Trinajstić information content (AvgIpc) is 2.68. The number of thioether (sulfide) groups is 1. The Bertz CT molecular complexity index is 541. The number of aromatic nitrogens is 2. The summed E-state index contributed by atoms with van der Waals surface area (Å²) >= 11 is 2.04. The van der Waals surface area contributed by atoms with Gasteiger partial charge < -0.3 is 10.3 Å². The molecule has 3 rings (SSSR count). The zero-order chi connectivity index (χ0) is 11.8. The van der Waals surface area contributed by atoms with E-state index in [9.17, 15) is 0 Å². The van der Waals surface area contributed by atoms with Crippen LogP contribution in [-0.2, 0) is 0 Å². The van der Waals surface area contributed by atoms with Gasteiger partial charge in [-0.25, -0.2) is 4.98 Å². The fourth-order valence-electron chi connectivity index (χ4n) is 2.60. The van der Waals surface area contributed by atoms with E-state index >= 15 is 0 Å². The first-order chi connectivity index (χ1) is 8.27. The molecule has 0 bridgehead atoms. The highest BCUT2D eigenvalue weighted by atomic mass is 32.2. The van der Waals surface area contributed by atoms with E-state index in [4.69, 9.17) is 5.73 Å². The molecule has 0 aliphatic carbocycles. The van der Waals surface area contributed by atoms with Crippen LogP contribution < -0.4 is 5.73 Å². The van der Waals surface area contributed by atoms with E-state index in [2.05, 4.69) is 34.7 Å². The number of aryl methyl sites for hydroxylation is 1. The van der Waals surface area contributed by atoms with Crippen LogP contribution in [0.5, 0.6) is 0 Å².